The average molecular weight is 957 g/mol. The molecule has 1 aliphatic rings. The summed E-state index contributed by atoms with van der Waals surface area (Å²) in [6, 6.07) is 49.4. The summed E-state index contributed by atoms with van der Waals surface area (Å²) in [6.45, 7) is 18.1. The van der Waals surface area contributed by atoms with Crippen LogP contribution in [-0.2, 0) is 31.5 Å². The third kappa shape index (κ3) is 8.70. The molecular formula is C56H64Br2N2O2. The third-order valence-electron chi connectivity index (χ3n) is 12.9. The highest BCUT2D eigenvalue weighted by Crippen LogP contribution is 2.61. The molecule has 0 N–H and O–H groups in total. The number of benzene rings is 6. The highest BCUT2D eigenvalue weighted by atomic mass is 79.9. The summed E-state index contributed by atoms with van der Waals surface area (Å²) in [5, 5.41) is 0. The van der Waals surface area contributed by atoms with Crippen molar-refractivity contribution in [3.8, 4) is 11.1 Å². The van der Waals surface area contributed by atoms with Crippen molar-refractivity contribution in [3.05, 3.63) is 165 Å². The van der Waals surface area contributed by atoms with Gasteiger partial charge in [0.15, 0.2) is 0 Å². The minimum atomic E-state index is -0.790. The number of nitrogens with zero attached hydrogens (tertiary/aromatic N) is 2. The van der Waals surface area contributed by atoms with Gasteiger partial charge in [0.1, 0.15) is 11.2 Å². The Bertz CT molecular complexity index is 2270. The van der Waals surface area contributed by atoms with Gasteiger partial charge in [0, 0.05) is 57.3 Å². The van der Waals surface area contributed by atoms with E-state index >= 15 is 0 Å². The molecule has 0 heterocycles. The smallest absolute Gasteiger partial charge is 0.126 e. The zero-order valence-corrected chi connectivity index (χ0v) is 41.6. The molecule has 0 spiro atoms. The van der Waals surface area contributed by atoms with Crippen LogP contribution in [0.15, 0.2) is 142 Å². The van der Waals surface area contributed by atoms with Gasteiger partial charge in [-0.25, -0.2) is 0 Å². The number of halogens is 2. The molecule has 0 aromatic heterocycles. The molecule has 6 aromatic carbocycles. The van der Waals surface area contributed by atoms with E-state index in [2.05, 4.69) is 231 Å². The van der Waals surface area contributed by atoms with Gasteiger partial charge in [0.05, 0.1) is 0 Å². The van der Waals surface area contributed by atoms with Crippen LogP contribution in [0.4, 0.5) is 34.1 Å². The summed E-state index contributed by atoms with van der Waals surface area (Å²) >= 11 is 7.38. The van der Waals surface area contributed by atoms with Gasteiger partial charge in [0.2, 0.25) is 0 Å². The van der Waals surface area contributed by atoms with Crippen molar-refractivity contribution in [2.45, 2.75) is 116 Å². The van der Waals surface area contributed by atoms with E-state index in [0.717, 1.165) is 81.6 Å². The van der Waals surface area contributed by atoms with Crippen molar-refractivity contribution >= 4 is 66.0 Å². The number of anilines is 6. The molecule has 0 amide bonds. The van der Waals surface area contributed by atoms with E-state index in [9.17, 15) is 0 Å². The van der Waals surface area contributed by atoms with Crippen LogP contribution in [0.3, 0.4) is 0 Å². The fourth-order valence-electron chi connectivity index (χ4n) is 9.49. The molecule has 6 heteroatoms. The topological polar surface area (TPSA) is 24.9 Å². The van der Waals surface area contributed by atoms with E-state index in [-0.39, 0.29) is 10.8 Å². The second-order valence-electron chi connectivity index (χ2n) is 18.9. The van der Waals surface area contributed by atoms with Crippen LogP contribution < -0.4 is 9.80 Å². The molecule has 0 fully saturated rings. The summed E-state index contributed by atoms with van der Waals surface area (Å²) in [5.41, 5.74) is 12.3. The number of unbranched alkanes of at least 4 members (excludes halogenated alkanes) is 2. The van der Waals surface area contributed by atoms with Gasteiger partial charge in [-0.2, -0.15) is 0 Å². The first-order chi connectivity index (χ1) is 29.6. The molecular weight excluding hydrogens is 892 g/mol. The summed E-state index contributed by atoms with van der Waals surface area (Å²) in [5.74, 6) is 0. The molecule has 324 valence electrons. The van der Waals surface area contributed by atoms with Crippen LogP contribution in [-0.4, -0.2) is 14.2 Å². The number of hydrogen-bond acceptors (Lipinski definition) is 4. The Balaban J connectivity index is 1.49. The van der Waals surface area contributed by atoms with Gasteiger partial charge in [0.25, 0.3) is 0 Å². The zero-order valence-electron chi connectivity index (χ0n) is 38.4. The molecule has 0 saturated heterocycles. The van der Waals surface area contributed by atoms with Crippen LogP contribution in [0.2, 0.25) is 0 Å². The van der Waals surface area contributed by atoms with Crippen molar-refractivity contribution < 1.29 is 9.47 Å². The maximum atomic E-state index is 7.14. The fraction of sp³-hybridized carbons (Fsp3) is 0.357. The summed E-state index contributed by atoms with van der Waals surface area (Å²) in [6.07, 6.45) is 5.66. The van der Waals surface area contributed by atoms with Crippen molar-refractivity contribution in [3.63, 3.8) is 0 Å². The van der Waals surface area contributed by atoms with Crippen molar-refractivity contribution in [2.24, 2.45) is 0 Å². The second kappa shape index (κ2) is 18.5. The van der Waals surface area contributed by atoms with E-state index in [4.69, 9.17) is 9.47 Å². The van der Waals surface area contributed by atoms with Gasteiger partial charge < -0.3 is 19.3 Å². The van der Waals surface area contributed by atoms with Crippen LogP contribution in [0.25, 0.3) is 11.1 Å². The highest BCUT2D eigenvalue weighted by molar-refractivity contribution is 9.10. The van der Waals surface area contributed by atoms with Crippen molar-refractivity contribution in [2.75, 3.05) is 24.0 Å². The minimum Gasteiger partial charge on any atom is -0.370 e. The van der Waals surface area contributed by atoms with Crippen LogP contribution in [0.1, 0.15) is 116 Å². The van der Waals surface area contributed by atoms with E-state index in [1.165, 1.54) is 33.4 Å². The molecule has 7 rings (SSSR count). The number of methoxy groups -OCH3 is 2. The SMILES string of the molecule is CCCCC1(OC)c2cc(N(c3ccc(Br)cc3)c3ccc(C(C)(C)C)cc3)ccc2-c2ccc(N(c3ccc(Br)cc3)c3ccc(C(C)(C)C)cc3)cc2C1(CCCC)OC. The van der Waals surface area contributed by atoms with Gasteiger partial charge in [-0.05, 0) is 154 Å². The van der Waals surface area contributed by atoms with E-state index in [0.29, 0.717) is 0 Å². The summed E-state index contributed by atoms with van der Waals surface area (Å²) in [7, 11) is 3.81. The minimum absolute atomic E-state index is 0.0471. The Hall–Kier alpha value is -4.20. The average Bonchev–Trinajstić information content (AvgIpc) is 3.26. The maximum Gasteiger partial charge on any atom is 0.126 e. The lowest BCUT2D eigenvalue weighted by Gasteiger charge is -2.54. The lowest BCUT2D eigenvalue weighted by Crippen LogP contribution is -2.54. The van der Waals surface area contributed by atoms with E-state index < -0.39 is 11.2 Å². The third-order valence-corrected chi connectivity index (χ3v) is 14.0. The Kier molecular flexibility index (Phi) is 13.7. The Morgan fingerprint density at radius 1 is 0.435 bits per heavy atom. The predicted octanol–water partition coefficient (Wildman–Crippen LogP) is 17.5. The van der Waals surface area contributed by atoms with Gasteiger partial charge >= 0.3 is 0 Å². The largest absolute Gasteiger partial charge is 0.370 e. The first kappa shape index (κ1) is 45.8. The van der Waals surface area contributed by atoms with Gasteiger partial charge in [-0.1, -0.05) is 149 Å². The summed E-state index contributed by atoms with van der Waals surface area (Å²) in [4.78, 5) is 4.75. The molecule has 4 nitrogen and oxygen atoms in total. The van der Waals surface area contributed by atoms with E-state index in [1.807, 2.05) is 14.2 Å². The first-order valence-corrected chi connectivity index (χ1v) is 23.9. The highest BCUT2D eigenvalue weighted by Gasteiger charge is 2.58. The second-order valence-corrected chi connectivity index (χ2v) is 20.8. The lowest BCUT2D eigenvalue weighted by atomic mass is 9.61. The molecule has 0 radical (unpaired) electrons. The standard InChI is InChI=1S/C56H64Br2N2O2/c1-11-13-35-55(61-9)51-37-47(59(45-27-19-41(57)20-28-45)43-23-15-39(16-24-43)53(3,4)5)31-33-49(51)50-34-32-48(38-52(50)56(55,62-10)36-14-12-2)60(46-29-21-42(58)22-30-46)44-25-17-40(18-26-44)54(6,7)8/h15-34,37-38H,11-14,35-36H2,1-10H3. The lowest BCUT2D eigenvalue weighted by molar-refractivity contribution is -0.209. The molecule has 0 bridgehead atoms. The fourth-order valence-corrected chi connectivity index (χ4v) is 10.0. The number of hydrogen-bond donors (Lipinski definition) is 0. The molecule has 1 aliphatic carbocycles. The van der Waals surface area contributed by atoms with Crippen LogP contribution in [0.5, 0.6) is 0 Å². The zero-order chi connectivity index (χ0) is 44.5. The predicted molar refractivity (Wildman–Crippen MR) is 270 cm³/mol. The van der Waals surface area contributed by atoms with Crippen LogP contribution in [0, 0.1) is 0 Å². The van der Waals surface area contributed by atoms with Gasteiger partial charge in [-0.15, -0.1) is 0 Å². The number of ether oxygens (including phenoxy) is 2. The Labute approximate surface area is 388 Å². The van der Waals surface area contributed by atoms with Gasteiger partial charge in [-0.3, -0.25) is 0 Å². The molecule has 2 atom stereocenters. The number of fused-ring (bicyclic) bond motifs is 3. The Morgan fingerprint density at radius 3 is 1.00 bits per heavy atom. The molecule has 2 unspecified atom stereocenters. The summed E-state index contributed by atoms with van der Waals surface area (Å²) < 4.78 is 16.4. The number of rotatable bonds is 14. The molecule has 0 aliphatic heterocycles. The Morgan fingerprint density at radius 2 is 0.726 bits per heavy atom. The molecule has 62 heavy (non-hydrogen) atoms. The monoisotopic (exact) mass is 954 g/mol. The van der Waals surface area contributed by atoms with Crippen LogP contribution >= 0.6 is 31.9 Å². The normalized spacial score (nSPS) is 17.4. The van der Waals surface area contributed by atoms with E-state index in [1.54, 1.807) is 0 Å². The molecule has 6 aromatic rings. The van der Waals surface area contributed by atoms with Crippen molar-refractivity contribution in [1.29, 1.82) is 0 Å². The van der Waals surface area contributed by atoms with Crippen molar-refractivity contribution in [1.82, 2.24) is 0 Å². The quantitative estimate of drug-likeness (QED) is 0.109. The maximum absolute atomic E-state index is 7.14. The first-order valence-electron chi connectivity index (χ1n) is 22.3. The molecule has 0 saturated carbocycles.